The van der Waals surface area contributed by atoms with E-state index in [0.717, 1.165) is 0 Å². The smallest absolute Gasteiger partial charge is 0.154 e. The number of benzene rings is 1. The van der Waals surface area contributed by atoms with Gasteiger partial charge in [-0.1, -0.05) is 0 Å². The second-order valence-corrected chi connectivity index (χ2v) is 3.38. The fraction of sp³-hybridized carbons (Fsp3) is 0.333. The van der Waals surface area contributed by atoms with Crippen molar-refractivity contribution in [1.29, 1.82) is 0 Å². The standard InChI is InChI=1S/C12H14O4/c1-7-9(5-13)12(16-4)8(2)10(6-14)11(7)15-3/h5-6H,1-4H3. The number of ether oxygens (including phenoxy) is 2. The summed E-state index contributed by atoms with van der Waals surface area (Å²) < 4.78 is 10.3. The zero-order valence-corrected chi connectivity index (χ0v) is 9.79. The van der Waals surface area contributed by atoms with Crippen molar-refractivity contribution in [1.82, 2.24) is 0 Å². The van der Waals surface area contributed by atoms with E-state index in [9.17, 15) is 9.59 Å². The fourth-order valence-electron chi connectivity index (χ4n) is 1.80. The number of aldehydes is 2. The van der Waals surface area contributed by atoms with Crippen LogP contribution in [-0.2, 0) is 0 Å². The molecule has 1 aromatic carbocycles. The Kier molecular flexibility index (Phi) is 3.66. The second kappa shape index (κ2) is 4.79. The average molecular weight is 222 g/mol. The van der Waals surface area contributed by atoms with Crippen molar-refractivity contribution in [3.63, 3.8) is 0 Å². The van der Waals surface area contributed by atoms with Gasteiger partial charge in [0.25, 0.3) is 0 Å². The van der Waals surface area contributed by atoms with E-state index < -0.39 is 0 Å². The van der Waals surface area contributed by atoms with Gasteiger partial charge >= 0.3 is 0 Å². The van der Waals surface area contributed by atoms with Crippen LogP contribution in [0.15, 0.2) is 0 Å². The van der Waals surface area contributed by atoms with Crippen LogP contribution < -0.4 is 9.47 Å². The van der Waals surface area contributed by atoms with E-state index in [1.807, 2.05) is 0 Å². The summed E-state index contributed by atoms with van der Waals surface area (Å²) in [5.74, 6) is 0.853. The molecule has 0 saturated heterocycles. The first-order chi connectivity index (χ1) is 7.62. The monoisotopic (exact) mass is 222 g/mol. The molecule has 0 atom stereocenters. The number of carbonyl (C=O) groups is 2. The quantitative estimate of drug-likeness (QED) is 0.730. The van der Waals surface area contributed by atoms with Crippen molar-refractivity contribution in [3.05, 3.63) is 22.3 Å². The van der Waals surface area contributed by atoms with Gasteiger partial charge in [0.2, 0.25) is 0 Å². The van der Waals surface area contributed by atoms with Crippen LogP contribution in [0, 0.1) is 13.8 Å². The van der Waals surface area contributed by atoms with E-state index in [1.54, 1.807) is 13.8 Å². The lowest BCUT2D eigenvalue weighted by molar-refractivity contribution is 0.110. The van der Waals surface area contributed by atoms with Crippen molar-refractivity contribution in [3.8, 4) is 11.5 Å². The van der Waals surface area contributed by atoms with E-state index in [-0.39, 0.29) is 0 Å². The molecule has 0 saturated carbocycles. The van der Waals surface area contributed by atoms with E-state index in [4.69, 9.17) is 9.47 Å². The van der Waals surface area contributed by atoms with Crippen LogP contribution in [0.3, 0.4) is 0 Å². The summed E-state index contributed by atoms with van der Waals surface area (Å²) in [5, 5.41) is 0. The molecule has 0 aliphatic carbocycles. The van der Waals surface area contributed by atoms with E-state index in [0.29, 0.717) is 46.3 Å². The summed E-state index contributed by atoms with van der Waals surface area (Å²) in [7, 11) is 2.94. The average Bonchev–Trinajstić information content (AvgIpc) is 2.30. The molecule has 0 heterocycles. The molecule has 1 aromatic rings. The zero-order chi connectivity index (χ0) is 12.3. The molecule has 0 bridgehead atoms. The van der Waals surface area contributed by atoms with Gasteiger partial charge in [-0.15, -0.1) is 0 Å². The van der Waals surface area contributed by atoms with E-state index in [1.165, 1.54) is 14.2 Å². The molecule has 0 fully saturated rings. The third-order valence-electron chi connectivity index (χ3n) is 2.62. The molecule has 4 heteroatoms. The molecule has 0 N–H and O–H groups in total. The topological polar surface area (TPSA) is 52.6 Å². The van der Waals surface area contributed by atoms with Crippen molar-refractivity contribution in [2.75, 3.05) is 14.2 Å². The van der Waals surface area contributed by atoms with E-state index in [2.05, 4.69) is 0 Å². The lowest BCUT2D eigenvalue weighted by Crippen LogP contribution is -2.04. The summed E-state index contributed by atoms with van der Waals surface area (Å²) in [6, 6.07) is 0. The zero-order valence-electron chi connectivity index (χ0n) is 9.79. The number of hydrogen-bond acceptors (Lipinski definition) is 4. The van der Waals surface area contributed by atoms with Gasteiger partial charge in [0.15, 0.2) is 12.6 Å². The van der Waals surface area contributed by atoms with Crippen molar-refractivity contribution < 1.29 is 19.1 Å². The molecule has 86 valence electrons. The summed E-state index contributed by atoms with van der Waals surface area (Å²) in [5.41, 5.74) is 2.06. The predicted molar refractivity (Wildman–Crippen MR) is 59.8 cm³/mol. The van der Waals surface area contributed by atoms with Gasteiger partial charge in [-0.25, -0.2) is 0 Å². The highest BCUT2D eigenvalue weighted by molar-refractivity contribution is 5.91. The minimum absolute atomic E-state index is 0.419. The third-order valence-corrected chi connectivity index (χ3v) is 2.62. The third kappa shape index (κ3) is 1.66. The molecule has 0 aromatic heterocycles. The minimum Gasteiger partial charge on any atom is -0.496 e. The normalized spacial score (nSPS) is 9.75. The van der Waals surface area contributed by atoms with Crippen LogP contribution in [0.5, 0.6) is 11.5 Å². The molecule has 16 heavy (non-hydrogen) atoms. The predicted octanol–water partition coefficient (Wildman–Crippen LogP) is 1.95. The number of hydrogen-bond donors (Lipinski definition) is 0. The number of carbonyl (C=O) groups excluding carboxylic acids is 2. The summed E-state index contributed by atoms with van der Waals surface area (Å²) in [4.78, 5) is 22.0. The first-order valence-electron chi connectivity index (χ1n) is 4.77. The summed E-state index contributed by atoms with van der Waals surface area (Å²) in [6.45, 7) is 3.44. The molecular formula is C12H14O4. The largest absolute Gasteiger partial charge is 0.496 e. The first-order valence-corrected chi connectivity index (χ1v) is 4.77. The Balaban J connectivity index is 3.73. The van der Waals surface area contributed by atoms with Gasteiger partial charge in [-0.3, -0.25) is 9.59 Å². The Morgan fingerprint density at radius 3 is 1.31 bits per heavy atom. The highest BCUT2D eigenvalue weighted by Gasteiger charge is 2.19. The number of methoxy groups -OCH3 is 2. The maximum Gasteiger partial charge on any atom is 0.154 e. The second-order valence-electron chi connectivity index (χ2n) is 3.38. The molecule has 1 rings (SSSR count). The Morgan fingerprint density at radius 2 is 1.12 bits per heavy atom. The lowest BCUT2D eigenvalue weighted by Gasteiger charge is -2.16. The van der Waals surface area contributed by atoms with Gasteiger partial charge in [0.1, 0.15) is 11.5 Å². The fourth-order valence-corrected chi connectivity index (χ4v) is 1.80. The SMILES string of the molecule is COc1c(C)c(C=O)c(OC)c(C)c1C=O. The highest BCUT2D eigenvalue weighted by atomic mass is 16.5. The molecule has 0 aliphatic heterocycles. The first kappa shape index (κ1) is 12.2. The molecule has 0 aliphatic rings. The molecule has 0 amide bonds. The van der Waals surface area contributed by atoms with Gasteiger partial charge in [-0.2, -0.15) is 0 Å². The van der Waals surface area contributed by atoms with Gasteiger partial charge in [0, 0.05) is 11.1 Å². The molecule has 0 radical (unpaired) electrons. The van der Waals surface area contributed by atoms with Gasteiger partial charge < -0.3 is 9.47 Å². The Labute approximate surface area is 94.2 Å². The van der Waals surface area contributed by atoms with Crippen LogP contribution in [-0.4, -0.2) is 26.8 Å². The van der Waals surface area contributed by atoms with Crippen molar-refractivity contribution in [2.45, 2.75) is 13.8 Å². The lowest BCUT2D eigenvalue weighted by atomic mass is 9.98. The molecular weight excluding hydrogens is 208 g/mol. The van der Waals surface area contributed by atoms with Crippen LogP contribution in [0.2, 0.25) is 0 Å². The Hall–Kier alpha value is -1.84. The van der Waals surface area contributed by atoms with Crippen LogP contribution in [0.4, 0.5) is 0 Å². The summed E-state index contributed by atoms with van der Waals surface area (Å²) >= 11 is 0. The number of rotatable bonds is 4. The Bertz CT molecular complexity index is 394. The van der Waals surface area contributed by atoms with Crippen molar-refractivity contribution in [2.24, 2.45) is 0 Å². The van der Waals surface area contributed by atoms with Crippen molar-refractivity contribution >= 4 is 12.6 Å². The highest BCUT2D eigenvalue weighted by Crippen LogP contribution is 2.35. The van der Waals surface area contributed by atoms with Crippen LogP contribution in [0.25, 0.3) is 0 Å². The summed E-state index contributed by atoms with van der Waals surface area (Å²) in [6.07, 6.45) is 1.41. The van der Waals surface area contributed by atoms with Gasteiger partial charge in [0.05, 0.1) is 25.3 Å². The minimum atomic E-state index is 0.419. The maximum atomic E-state index is 11.0. The van der Waals surface area contributed by atoms with Crippen LogP contribution >= 0.6 is 0 Å². The van der Waals surface area contributed by atoms with Gasteiger partial charge in [-0.05, 0) is 13.8 Å². The molecule has 0 unspecified atom stereocenters. The molecule has 4 nitrogen and oxygen atoms in total. The maximum absolute atomic E-state index is 11.0. The molecule has 0 spiro atoms. The van der Waals surface area contributed by atoms with E-state index >= 15 is 0 Å². The Morgan fingerprint density at radius 1 is 0.812 bits per heavy atom. The van der Waals surface area contributed by atoms with Crippen LogP contribution in [0.1, 0.15) is 31.8 Å².